The van der Waals surface area contributed by atoms with E-state index in [1.54, 1.807) is 18.2 Å². The van der Waals surface area contributed by atoms with Crippen LogP contribution in [0.4, 0.5) is 5.69 Å². The van der Waals surface area contributed by atoms with Gasteiger partial charge in [0, 0.05) is 17.6 Å². The Hall–Kier alpha value is -2.41. The highest BCUT2D eigenvalue weighted by Gasteiger charge is 2.19. The highest BCUT2D eigenvalue weighted by Crippen LogP contribution is 2.31. The van der Waals surface area contributed by atoms with E-state index in [0.29, 0.717) is 10.7 Å². The van der Waals surface area contributed by atoms with Crippen molar-refractivity contribution in [1.82, 2.24) is 10.7 Å². The van der Waals surface area contributed by atoms with E-state index in [1.165, 1.54) is 6.92 Å². The zero-order valence-electron chi connectivity index (χ0n) is 13.2. The van der Waals surface area contributed by atoms with Crippen LogP contribution < -0.4 is 21.9 Å². The number of hydrogen-bond acceptors (Lipinski definition) is 4. The maximum atomic E-state index is 11.5. The Morgan fingerprint density at radius 1 is 1.17 bits per heavy atom. The second kappa shape index (κ2) is 8.44. The van der Waals surface area contributed by atoms with Gasteiger partial charge in [0.2, 0.25) is 11.8 Å². The van der Waals surface area contributed by atoms with Crippen molar-refractivity contribution in [1.29, 1.82) is 0 Å². The fraction of sp³-hybridized carbons (Fsp3) is 0.176. The minimum Gasteiger partial charge on any atom is -0.326 e. The molecule has 2 aromatic carbocycles. The molecule has 0 spiro atoms. The molecule has 0 saturated heterocycles. The monoisotopic (exact) mass is 346 g/mol. The van der Waals surface area contributed by atoms with Gasteiger partial charge in [-0.1, -0.05) is 41.9 Å². The summed E-state index contributed by atoms with van der Waals surface area (Å²) in [5.74, 6) is 4.60. The van der Waals surface area contributed by atoms with Gasteiger partial charge in [-0.25, -0.2) is 5.84 Å². The number of anilines is 1. The average Bonchev–Trinajstić information content (AvgIpc) is 2.57. The van der Waals surface area contributed by atoms with Crippen molar-refractivity contribution >= 4 is 29.1 Å². The Labute approximate surface area is 145 Å². The Kier molecular flexibility index (Phi) is 6.31. The summed E-state index contributed by atoms with van der Waals surface area (Å²) in [6.45, 7) is 1.45. The van der Waals surface area contributed by atoms with Crippen LogP contribution >= 0.6 is 11.6 Å². The van der Waals surface area contributed by atoms with Gasteiger partial charge in [-0.15, -0.1) is 0 Å². The summed E-state index contributed by atoms with van der Waals surface area (Å²) in [7, 11) is 0. The summed E-state index contributed by atoms with van der Waals surface area (Å²) in [4.78, 5) is 23.0. The molecule has 7 heteroatoms. The molecular formula is C17H19ClN4O2. The van der Waals surface area contributed by atoms with Crippen molar-refractivity contribution in [3.05, 3.63) is 64.7 Å². The lowest BCUT2D eigenvalue weighted by Crippen LogP contribution is -2.39. The fourth-order valence-corrected chi connectivity index (χ4v) is 2.56. The lowest BCUT2D eigenvalue weighted by Gasteiger charge is -2.22. The minimum absolute atomic E-state index is 0.0160. The topological polar surface area (TPSA) is 96.2 Å². The number of benzene rings is 2. The van der Waals surface area contributed by atoms with Gasteiger partial charge in [-0.2, -0.15) is 0 Å². The maximum absolute atomic E-state index is 11.5. The molecule has 0 unspecified atom stereocenters. The van der Waals surface area contributed by atoms with Crippen molar-refractivity contribution < 1.29 is 9.59 Å². The van der Waals surface area contributed by atoms with E-state index in [2.05, 4.69) is 16.1 Å². The Morgan fingerprint density at radius 2 is 1.88 bits per heavy atom. The molecule has 2 aromatic rings. The molecule has 0 bridgehead atoms. The molecule has 0 radical (unpaired) electrons. The Balaban J connectivity index is 2.44. The molecule has 2 amide bonds. The van der Waals surface area contributed by atoms with Crippen LogP contribution in [0.1, 0.15) is 24.1 Å². The third-order valence-electron chi connectivity index (χ3n) is 3.40. The smallest absolute Gasteiger partial charge is 0.247 e. The molecule has 0 heterocycles. The second-order valence-corrected chi connectivity index (χ2v) is 5.64. The predicted molar refractivity (Wildman–Crippen MR) is 94.4 cm³/mol. The van der Waals surface area contributed by atoms with Crippen LogP contribution in [-0.2, 0) is 9.59 Å². The van der Waals surface area contributed by atoms with E-state index in [9.17, 15) is 9.59 Å². The molecule has 0 fully saturated rings. The van der Waals surface area contributed by atoms with Gasteiger partial charge in [0.25, 0.3) is 0 Å². The van der Waals surface area contributed by atoms with Crippen molar-refractivity contribution in [2.75, 3.05) is 11.9 Å². The molecule has 1 atom stereocenters. The van der Waals surface area contributed by atoms with Gasteiger partial charge in [0.1, 0.15) is 0 Å². The number of nitrogens with two attached hydrogens (primary N) is 1. The first-order valence-electron chi connectivity index (χ1n) is 7.36. The molecule has 5 N–H and O–H groups in total. The number of hydrogen-bond donors (Lipinski definition) is 4. The third-order valence-corrected chi connectivity index (χ3v) is 3.63. The zero-order chi connectivity index (χ0) is 17.5. The quantitative estimate of drug-likeness (QED) is 0.365. The summed E-state index contributed by atoms with van der Waals surface area (Å²) in [6, 6.07) is 14.4. The largest absolute Gasteiger partial charge is 0.326 e. The SMILES string of the molecule is CC(=O)Nc1ccc(Cl)cc1[C@H](NCC(=O)NN)c1ccccc1. The highest BCUT2D eigenvalue weighted by molar-refractivity contribution is 6.30. The first kappa shape index (κ1) is 17.9. The molecule has 0 saturated carbocycles. The van der Waals surface area contributed by atoms with E-state index < -0.39 is 0 Å². The van der Waals surface area contributed by atoms with Crippen molar-refractivity contribution in [3.8, 4) is 0 Å². The second-order valence-electron chi connectivity index (χ2n) is 5.20. The number of carbonyl (C=O) groups excluding carboxylic acids is 2. The number of nitrogens with one attached hydrogen (secondary N) is 3. The molecule has 2 rings (SSSR count). The van der Waals surface area contributed by atoms with Crippen LogP contribution in [-0.4, -0.2) is 18.4 Å². The zero-order valence-corrected chi connectivity index (χ0v) is 13.9. The van der Waals surface area contributed by atoms with Gasteiger partial charge >= 0.3 is 0 Å². The Bertz CT molecular complexity index is 722. The molecule has 0 aliphatic rings. The summed E-state index contributed by atoms with van der Waals surface area (Å²) in [5, 5.41) is 6.46. The highest BCUT2D eigenvalue weighted by atomic mass is 35.5. The van der Waals surface area contributed by atoms with E-state index in [4.69, 9.17) is 17.4 Å². The summed E-state index contributed by atoms with van der Waals surface area (Å²) in [5.41, 5.74) is 4.40. The Morgan fingerprint density at radius 3 is 2.50 bits per heavy atom. The van der Waals surface area contributed by atoms with Gasteiger partial charge in [0.05, 0.1) is 12.6 Å². The van der Waals surface area contributed by atoms with Crippen LogP contribution in [0.2, 0.25) is 5.02 Å². The summed E-state index contributed by atoms with van der Waals surface area (Å²) in [6.07, 6.45) is 0. The van der Waals surface area contributed by atoms with Crippen LogP contribution in [0.25, 0.3) is 0 Å². The van der Waals surface area contributed by atoms with Gasteiger partial charge < -0.3 is 5.32 Å². The summed E-state index contributed by atoms with van der Waals surface area (Å²) >= 11 is 6.14. The van der Waals surface area contributed by atoms with E-state index in [-0.39, 0.29) is 24.4 Å². The van der Waals surface area contributed by atoms with Crippen LogP contribution in [0, 0.1) is 0 Å². The minimum atomic E-state index is -0.348. The first-order valence-corrected chi connectivity index (χ1v) is 7.74. The number of carbonyl (C=O) groups is 2. The molecule has 126 valence electrons. The predicted octanol–water partition coefficient (Wildman–Crippen LogP) is 1.97. The molecule has 24 heavy (non-hydrogen) atoms. The van der Waals surface area contributed by atoms with Crippen LogP contribution in [0.5, 0.6) is 0 Å². The van der Waals surface area contributed by atoms with Gasteiger partial charge in [-0.05, 0) is 29.3 Å². The van der Waals surface area contributed by atoms with Gasteiger partial charge in [-0.3, -0.25) is 20.3 Å². The summed E-state index contributed by atoms with van der Waals surface area (Å²) < 4.78 is 0. The van der Waals surface area contributed by atoms with Gasteiger partial charge in [0.15, 0.2) is 0 Å². The molecule has 0 aliphatic carbocycles. The van der Waals surface area contributed by atoms with Crippen molar-refractivity contribution in [2.24, 2.45) is 5.84 Å². The lowest BCUT2D eigenvalue weighted by atomic mass is 9.97. The molecule has 6 nitrogen and oxygen atoms in total. The molecule has 0 aliphatic heterocycles. The average molecular weight is 347 g/mol. The van der Waals surface area contributed by atoms with E-state index >= 15 is 0 Å². The number of amides is 2. The standard InChI is InChI=1S/C17H19ClN4O2/c1-11(23)21-15-8-7-13(18)9-14(15)17(20-10-16(24)22-19)12-5-3-2-4-6-12/h2-9,17,20H,10,19H2,1H3,(H,21,23)(H,22,24)/t17-/m1/s1. The molecule has 0 aromatic heterocycles. The van der Waals surface area contributed by atoms with E-state index in [0.717, 1.165) is 11.1 Å². The van der Waals surface area contributed by atoms with Crippen molar-refractivity contribution in [2.45, 2.75) is 13.0 Å². The first-order chi connectivity index (χ1) is 11.5. The number of rotatable bonds is 6. The third kappa shape index (κ3) is 4.79. The fourth-order valence-electron chi connectivity index (χ4n) is 2.37. The lowest BCUT2D eigenvalue weighted by molar-refractivity contribution is -0.120. The normalized spacial score (nSPS) is 11.6. The molecular weight excluding hydrogens is 328 g/mol. The van der Waals surface area contributed by atoms with Crippen molar-refractivity contribution in [3.63, 3.8) is 0 Å². The number of hydrazine groups is 1. The van der Waals surface area contributed by atoms with E-state index in [1.807, 2.05) is 30.3 Å². The number of halogens is 1. The maximum Gasteiger partial charge on any atom is 0.247 e. The van der Waals surface area contributed by atoms with Crippen LogP contribution in [0.15, 0.2) is 48.5 Å². The van der Waals surface area contributed by atoms with Crippen LogP contribution in [0.3, 0.4) is 0 Å².